The highest BCUT2D eigenvalue weighted by molar-refractivity contribution is 6.36. The van der Waals surface area contributed by atoms with Gasteiger partial charge in [0.2, 0.25) is 0 Å². The van der Waals surface area contributed by atoms with Crippen LogP contribution in [0.4, 0.5) is 0 Å². The standard InChI is InChI=1S/C29H27Cl2NO3/c1-18(33)34-23-10-12-25-20(15-23)3-2-4-27(26-11-7-21(30)16-28(26)31)29(25)19-5-8-22(9-6-19)35-24-13-14-32-17-24/h5-12,15-16,24,32H,2-4,13-14,17H2,1H3/t24-/m0/s1. The molecule has 0 saturated carbocycles. The fraction of sp³-hybridized carbons (Fsp3) is 0.276. The molecule has 3 aromatic rings. The van der Waals surface area contributed by atoms with Crippen LogP contribution in [0, 0.1) is 0 Å². The first-order valence-electron chi connectivity index (χ1n) is 12.0. The lowest BCUT2D eigenvalue weighted by Crippen LogP contribution is -2.19. The minimum Gasteiger partial charge on any atom is -0.489 e. The molecule has 6 heteroatoms. The molecule has 1 aliphatic carbocycles. The Morgan fingerprint density at radius 2 is 1.71 bits per heavy atom. The lowest BCUT2D eigenvalue weighted by atomic mass is 9.87. The van der Waals surface area contributed by atoms with Gasteiger partial charge in [0.05, 0.1) is 0 Å². The Morgan fingerprint density at radius 1 is 0.943 bits per heavy atom. The number of rotatable bonds is 5. The smallest absolute Gasteiger partial charge is 0.308 e. The van der Waals surface area contributed by atoms with Crippen molar-refractivity contribution in [3.05, 3.63) is 93.0 Å². The van der Waals surface area contributed by atoms with E-state index in [1.54, 1.807) is 6.07 Å². The molecule has 1 atom stereocenters. The number of esters is 1. The molecule has 0 spiro atoms. The van der Waals surface area contributed by atoms with Crippen molar-refractivity contribution in [3.8, 4) is 11.5 Å². The van der Waals surface area contributed by atoms with Crippen molar-refractivity contribution in [1.29, 1.82) is 0 Å². The van der Waals surface area contributed by atoms with Gasteiger partial charge in [-0.15, -0.1) is 0 Å². The van der Waals surface area contributed by atoms with Crippen molar-refractivity contribution in [1.82, 2.24) is 5.32 Å². The van der Waals surface area contributed by atoms with Crippen molar-refractivity contribution < 1.29 is 14.3 Å². The molecule has 1 N–H and O–H groups in total. The summed E-state index contributed by atoms with van der Waals surface area (Å²) >= 11 is 12.9. The quantitative estimate of drug-likeness (QED) is 0.299. The normalized spacial score (nSPS) is 17.6. The van der Waals surface area contributed by atoms with Gasteiger partial charge in [0.15, 0.2) is 0 Å². The largest absolute Gasteiger partial charge is 0.489 e. The van der Waals surface area contributed by atoms with Crippen molar-refractivity contribution in [2.75, 3.05) is 13.1 Å². The molecule has 0 radical (unpaired) electrons. The Labute approximate surface area is 215 Å². The first kappa shape index (κ1) is 23.9. The van der Waals surface area contributed by atoms with Crippen molar-refractivity contribution in [2.45, 2.75) is 38.7 Å². The number of fused-ring (bicyclic) bond motifs is 1. The van der Waals surface area contributed by atoms with E-state index in [1.807, 2.05) is 42.5 Å². The van der Waals surface area contributed by atoms with Crippen LogP contribution in [0.3, 0.4) is 0 Å². The third-order valence-electron chi connectivity index (χ3n) is 6.50. The minimum atomic E-state index is -0.323. The van der Waals surface area contributed by atoms with E-state index in [4.69, 9.17) is 32.7 Å². The van der Waals surface area contributed by atoms with Gasteiger partial charge in [0.1, 0.15) is 17.6 Å². The number of carbonyl (C=O) groups is 1. The summed E-state index contributed by atoms with van der Waals surface area (Å²) in [4.78, 5) is 11.5. The molecule has 4 nitrogen and oxygen atoms in total. The molecule has 2 aliphatic rings. The van der Waals surface area contributed by atoms with Crippen LogP contribution in [-0.4, -0.2) is 25.2 Å². The number of halogens is 2. The number of carbonyl (C=O) groups excluding carboxylic acids is 1. The lowest BCUT2D eigenvalue weighted by Gasteiger charge is -2.19. The summed E-state index contributed by atoms with van der Waals surface area (Å²) in [5.41, 5.74) is 6.65. The Hall–Kier alpha value is -2.79. The average Bonchev–Trinajstić information content (AvgIpc) is 3.26. The van der Waals surface area contributed by atoms with Crippen LogP contribution in [0.1, 0.15) is 48.4 Å². The minimum absolute atomic E-state index is 0.210. The monoisotopic (exact) mass is 507 g/mol. The maximum Gasteiger partial charge on any atom is 0.308 e. The molecule has 180 valence electrons. The Balaban J connectivity index is 1.62. The second-order valence-electron chi connectivity index (χ2n) is 9.00. The number of hydrogen-bond acceptors (Lipinski definition) is 4. The summed E-state index contributed by atoms with van der Waals surface area (Å²) < 4.78 is 11.5. The molecule has 0 bridgehead atoms. The maximum absolute atomic E-state index is 11.5. The molecule has 35 heavy (non-hydrogen) atoms. The Bertz CT molecular complexity index is 1280. The van der Waals surface area contributed by atoms with E-state index in [1.165, 1.54) is 12.5 Å². The number of nitrogens with one attached hydrogen (secondary N) is 1. The van der Waals surface area contributed by atoms with Gasteiger partial charge >= 0.3 is 5.97 Å². The second-order valence-corrected chi connectivity index (χ2v) is 9.84. The van der Waals surface area contributed by atoms with Crippen LogP contribution in [0.25, 0.3) is 11.1 Å². The van der Waals surface area contributed by atoms with Gasteiger partial charge in [-0.1, -0.05) is 47.5 Å². The zero-order valence-electron chi connectivity index (χ0n) is 19.6. The summed E-state index contributed by atoms with van der Waals surface area (Å²) in [6.07, 6.45) is 3.91. The summed E-state index contributed by atoms with van der Waals surface area (Å²) in [6, 6.07) is 19.9. The molecule has 5 rings (SSSR count). The Morgan fingerprint density at radius 3 is 2.43 bits per heavy atom. The SMILES string of the molecule is CC(=O)Oc1ccc2c(c1)CCCC(c1ccc(Cl)cc1Cl)=C2c1ccc(O[C@H]2CCNC2)cc1. The number of aryl methyl sites for hydroxylation is 1. The van der Waals surface area contributed by atoms with Crippen LogP contribution in [0.5, 0.6) is 11.5 Å². The van der Waals surface area contributed by atoms with Crippen LogP contribution in [0.2, 0.25) is 10.0 Å². The zero-order chi connectivity index (χ0) is 24.4. The van der Waals surface area contributed by atoms with Gasteiger partial charge in [-0.2, -0.15) is 0 Å². The number of hydrogen-bond donors (Lipinski definition) is 1. The van der Waals surface area contributed by atoms with Gasteiger partial charge < -0.3 is 14.8 Å². The highest BCUT2D eigenvalue weighted by Gasteiger charge is 2.23. The summed E-state index contributed by atoms with van der Waals surface area (Å²) in [7, 11) is 0. The molecule has 1 heterocycles. The van der Waals surface area contributed by atoms with E-state index in [0.29, 0.717) is 15.8 Å². The molecule has 3 aromatic carbocycles. The second kappa shape index (κ2) is 10.4. The average molecular weight is 508 g/mol. The zero-order valence-corrected chi connectivity index (χ0v) is 21.1. The topological polar surface area (TPSA) is 47.6 Å². The predicted octanol–water partition coefficient (Wildman–Crippen LogP) is 6.95. The first-order valence-corrected chi connectivity index (χ1v) is 12.7. The maximum atomic E-state index is 11.5. The summed E-state index contributed by atoms with van der Waals surface area (Å²) in [6.45, 7) is 3.29. The van der Waals surface area contributed by atoms with Gasteiger partial charge in [-0.25, -0.2) is 0 Å². The molecular formula is C29H27Cl2NO3. The fourth-order valence-electron chi connectivity index (χ4n) is 4.95. The molecule has 1 saturated heterocycles. The van der Waals surface area contributed by atoms with Crippen LogP contribution >= 0.6 is 23.2 Å². The van der Waals surface area contributed by atoms with Crippen LogP contribution in [-0.2, 0) is 11.2 Å². The van der Waals surface area contributed by atoms with E-state index in [-0.39, 0.29) is 12.1 Å². The van der Waals surface area contributed by atoms with Crippen molar-refractivity contribution in [3.63, 3.8) is 0 Å². The highest BCUT2D eigenvalue weighted by Crippen LogP contribution is 2.43. The summed E-state index contributed by atoms with van der Waals surface area (Å²) in [5, 5.41) is 4.59. The van der Waals surface area contributed by atoms with Crippen LogP contribution in [0.15, 0.2) is 60.7 Å². The molecule has 0 aromatic heterocycles. The number of allylic oxidation sites excluding steroid dienone is 1. The van der Waals surface area contributed by atoms with Crippen molar-refractivity contribution in [2.24, 2.45) is 0 Å². The fourth-order valence-corrected chi connectivity index (χ4v) is 5.47. The third-order valence-corrected chi connectivity index (χ3v) is 7.05. The van der Waals surface area contributed by atoms with Gasteiger partial charge in [0, 0.05) is 23.5 Å². The van der Waals surface area contributed by atoms with Gasteiger partial charge in [-0.05, 0) is 102 Å². The van der Waals surface area contributed by atoms with Crippen molar-refractivity contribution >= 4 is 40.3 Å². The van der Waals surface area contributed by atoms with Crippen LogP contribution < -0.4 is 14.8 Å². The highest BCUT2D eigenvalue weighted by atomic mass is 35.5. The lowest BCUT2D eigenvalue weighted by molar-refractivity contribution is -0.131. The molecule has 1 fully saturated rings. The third kappa shape index (κ3) is 5.40. The van der Waals surface area contributed by atoms with Gasteiger partial charge in [-0.3, -0.25) is 4.79 Å². The van der Waals surface area contributed by atoms with E-state index < -0.39 is 0 Å². The van der Waals surface area contributed by atoms with E-state index in [9.17, 15) is 4.79 Å². The first-order chi connectivity index (χ1) is 17.0. The van der Waals surface area contributed by atoms with E-state index >= 15 is 0 Å². The molecule has 0 amide bonds. The number of ether oxygens (including phenoxy) is 2. The van der Waals surface area contributed by atoms with E-state index in [0.717, 1.165) is 72.3 Å². The molecular weight excluding hydrogens is 481 g/mol. The molecule has 0 unspecified atom stereocenters. The Kier molecular flexibility index (Phi) is 7.14. The summed E-state index contributed by atoms with van der Waals surface area (Å²) in [5.74, 6) is 1.11. The van der Waals surface area contributed by atoms with E-state index in [2.05, 4.69) is 17.4 Å². The number of benzene rings is 3. The predicted molar refractivity (Wildman–Crippen MR) is 141 cm³/mol. The van der Waals surface area contributed by atoms with Gasteiger partial charge in [0.25, 0.3) is 0 Å². The molecule has 1 aliphatic heterocycles.